The Labute approximate surface area is 87.8 Å². The second kappa shape index (κ2) is 5.69. The van der Waals surface area contributed by atoms with Crippen molar-refractivity contribution in [3.8, 4) is 5.75 Å². The number of methoxy groups -OCH3 is 1. The van der Waals surface area contributed by atoms with E-state index < -0.39 is 0 Å². The van der Waals surface area contributed by atoms with Gasteiger partial charge in [0.2, 0.25) is 0 Å². The first kappa shape index (κ1) is 11.1. The monoisotopic (exact) mass is 182 g/mol. The summed E-state index contributed by atoms with van der Waals surface area (Å²) in [4.78, 5) is 0. The van der Waals surface area contributed by atoms with Gasteiger partial charge in [-0.2, -0.15) is 0 Å². The Bertz CT molecular complexity index is 192. The molecule has 0 unspecified atom stereocenters. The highest BCUT2D eigenvalue weighted by atomic mass is 35.5. The van der Waals surface area contributed by atoms with E-state index in [1.165, 1.54) is 0 Å². The van der Waals surface area contributed by atoms with Crippen molar-refractivity contribution in [3.63, 3.8) is 0 Å². The summed E-state index contributed by atoms with van der Waals surface area (Å²) in [5.74, 6) is 1.36. The molecule has 0 saturated heterocycles. The van der Waals surface area contributed by atoms with Crippen LogP contribution in [0.15, 0.2) is 24.3 Å². The van der Waals surface area contributed by atoms with Crippen LogP contribution < -0.4 is 4.74 Å². The SMILES string of the molecule is COc1ccccc1CCl.[MgH2]. The zero-order valence-electron chi connectivity index (χ0n) is 5.80. The van der Waals surface area contributed by atoms with Crippen LogP contribution in [0.2, 0.25) is 0 Å². The van der Waals surface area contributed by atoms with Gasteiger partial charge < -0.3 is 4.74 Å². The van der Waals surface area contributed by atoms with Crippen LogP contribution in [0.1, 0.15) is 5.56 Å². The largest absolute Gasteiger partial charge is 0.496 e. The van der Waals surface area contributed by atoms with E-state index in [0.717, 1.165) is 11.3 Å². The Hall–Kier alpha value is 0.0762. The van der Waals surface area contributed by atoms with Gasteiger partial charge in [-0.1, -0.05) is 18.2 Å². The average molecular weight is 183 g/mol. The first-order chi connectivity index (χ1) is 4.88. The van der Waals surface area contributed by atoms with Gasteiger partial charge in [-0.15, -0.1) is 11.6 Å². The smallest absolute Gasteiger partial charge is 0.316 e. The van der Waals surface area contributed by atoms with E-state index in [1.54, 1.807) is 7.11 Å². The lowest BCUT2D eigenvalue weighted by Crippen LogP contribution is -1.87. The fraction of sp³-hybridized carbons (Fsp3) is 0.250. The van der Waals surface area contributed by atoms with Crippen molar-refractivity contribution in [2.24, 2.45) is 0 Å². The van der Waals surface area contributed by atoms with E-state index in [-0.39, 0.29) is 23.1 Å². The van der Waals surface area contributed by atoms with Crippen LogP contribution in [-0.4, -0.2) is 30.2 Å². The predicted octanol–water partition coefficient (Wildman–Crippen LogP) is 1.52. The van der Waals surface area contributed by atoms with Crippen LogP contribution in [0.25, 0.3) is 0 Å². The molecule has 0 aliphatic carbocycles. The summed E-state index contributed by atoms with van der Waals surface area (Å²) >= 11 is 5.63. The lowest BCUT2D eigenvalue weighted by molar-refractivity contribution is 0.411. The Kier molecular flexibility index (Phi) is 5.73. The Morgan fingerprint density at radius 1 is 1.36 bits per heavy atom. The molecule has 0 amide bonds. The van der Waals surface area contributed by atoms with Crippen molar-refractivity contribution in [2.45, 2.75) is 5.88 Å². The van der Waals surface area contributed by atoms with Crippen molar-refractivity contribution in [1.29, 1.82) is 0 Å². The molecule has 0 atom stereocenters. The van der Waals surface area contributed by atoms with Gasteiger partial charge in [0.1, 0.15) is 5.75 Å². The summed E-state index contributed by atoms with van der Waals surface area (Å²) in [5, 5.41) is 0. The highest BCUT2D eigenvalue weighted by molar-refractivity contribution is 6.17. The fourth-order valence-corrected chi connectivity index (χ4v) is 1.03. The van der Waals surface area contributed by atoms with Crippen molar-refractivity contribution in [3.05, 3.63) is 29.8 Å². The molecule has 11 heavy (non-hydrogen) atoms. The number of hydrogen-bond acceptors (Lipinski definition) is 1. The first-order valence-corrected chi connectivity index (χ1v) is 3.60. The zero-order valence-corrected chi connectivity index (χ0v) is 6.56. The van der Waals surface area contributed by atoms with Gasteiger partial charge in [-0.05, 0) is 6.07 Å². The molecule has 1 rings (SSSR count). The molecule has 1 nitrogen and oxygen atoms in total. The zero-order chi connectivity index (χ0) is 7.40. The Morgan fingerprint density at radius 2 is 2.00 bits per heavy atom. The molecule has 0 aliphatic rings. The molecule has 0 saturated carbocycles. The van der Waals surface area contributed by atoms with Crippen LogP contribution in [0, 0.1) is 0 Å². The van der Waals surface area contributed by atoms with Gasteiger partial charge in [0.15, 0.2) is 0 Å². The van der Waals surface area contributed by atoms with Crippen molar-refractivity contribution < 1.29 is 4.74 Å². The van der Waals surface area contributed by atoms with Gasteiger partial charge in [0.05, 0.1) is 13.0 Å². The molecule has 0 fully saturated rings. The molecule has 0 N–H and O–H groups in total. The maximum atomic E-state index is 5.63. The van der Waals surface area contributed by atoms with E-state index >= 15 is 0 Å². The van der Waals surface area contributed by atoms with Crippen LogP contribution >= 0.6 is 11.6 Å². The minimum absolute atomic E-state index is 0. The van der Waals surface area contributed by atoms with Crippen molar-refractivity contribution in [1.82, 2.24) is 0 Å². The quantitative estimate of drug-likeness (QED) is 0.498. The first-order valence-electron chi connectivity index (χ1n) is 3.06. The highest BCUT2D eigenvalue weighted by Gasteiger charge is 1.96. The molecule has 0 spiro atoms. The van der Waals surface area contributed by atoms with Gasteiger partial charge in [-0.25, -0.2) is 0 Å². The minimum Gasteiger partial charge on any atom is -0.496 e. The van der Waals surface area contributed by atoms with Crippen LogP contribution in [0.5, 0.6) is 5.75 Å². The van der Waals surface area contributed by atoms with E-state index in [9.17, 15) is 0 Å². The molecule has 3 heteroatoms. The number of ether oxygens (including phenoxy) is 1. The standard InChI is InChI=1S/C8H9ClO.Mg.2H/c1-10-8-5-3-2-4-7(8)6-9;;;/h2-5H,6H2,1H3;;;. The summed E-state index contributed by atoms with van der Waals surface area (Å²) < 4.78 is 5.05. The number of benzene rings is 1. The van der Waals surface area contributed by atoms with E-state index in [1.807, 2.05) is 24.3 Å². The molecular weight excluding hydrogens is 172 g/mol. The molecule has 0 heterocycles. The van der Waals surface area contributed by atoms with E-state index in [2.05, 4.69) is 0 Å². The summed E-state index contributed by atoms with van der Waals surface area (Å²) in [6, 6.07) is 7.72. The van der Waals surface area contributed by atoms with Crippen LogP contribution in [-0.2, 0) is 5.88 Å². The van der Waals surface area contributed by atoms with E-state index in [4.69, 9.17) is 16.3 Å². The number of alkyl halides is 1. The highest BCUT2D eigenvalue weighted by Crippen LogP contribution is 2.18. The third-order valence-electron chi connectivity index (χ3n) is 1.34. The van der Waals surface area contributed by atoms with Crippen molar-refractivity contribution >= 4 is 34.7 Å². The second-order valence-corrected chi connectivity index (χ2v) is 2.21. The summed E-state index contributed by atoms with van der Waals surface area (Å²) in [6.07, 6.45) is 0. The molecule has 0 bridgehead atoms. The molecule has 0 aromatic heterocycles. The maximum Gasteiger partial charge on any atom is 0.316 e. The average Bonchev–Trinajstić information content (AvgIpc) is 2.04. The molecule has 1 aromatic rings. The fourth-order valence-electron chi connectivity index (χ4n) is 0.813. The molecule has 0 radical (unpaired) electrons. The van der Waals surface area contributed by atoms with E-state index in [0.29, 0.717) is 5.88 Å². The minimum atomic E-state index is 0. The Morgan fingerprint density at radius 3 is 2.45 bits per heavy atom. The molecule has 58 valence electrons. The third kappa shape index (κ3) is 2.89. The molecule has 1 aromatic carbocycles. The lowest BCUT2D eigenvalue weighted by Gasteiger charge is -2.02. The van der Waals surface area contributed by atoms with Gasteiger partial charge in [0, 0.05) is 5.56 Å². The number of hydrogen-bond donors (Lipinski definition) is 0. The topological polar surface area (TPSA) is 9.23 Å². The van der Waals surface area contributed by atoms with Gasteiger partial charge >= 0.3 is 23.1 Å². The lowest BCUT2D eigenvalue weighted by atomic mass is 10.2. The maximum absolute atomic E-state index is 5.63. The molecular formula is C8H11ClMgO. The summed E-state index contributed by atoms with van der Waals surface area (Å²) in [6.45, 7) is 0. The number of para-hydroxylation sites is 1. The predicted molar refractivity (Wildman–Crippen MR) is 51.1 cm³/mol. The van der Waals surface area contributed by atoms with Gasteiger partial charge in [0.25, 0.3) is 0 Å². The number of rotatable bonds is 2. The Balaban J connectivity index is 0.000001000. The summed E-state index contributed by atoms with van der Waals surface area (Å²) in [7, 11) is 1.64. The van der Waals surface area contributed by atoms with Crippen LogP contribution in [0.3, 0.4) is 0 Å². The molecule has 0 aliphatic heterocycles. The third-order valence-corrected chi connectivity index (χ3v) is 1.62. The van der Waals surface area contributed by atoms with Crippen LogP contribution in [0.4, 0.5) is 0 Å². The van der Waals surface area contributed by atoms with Crippen molar-refractivity contribution in [2.75, 3.05) is 7.11 Å². The summed E-state index contributed by atoms with van der Waals surface area (Å²) in [5.41, 5.74) is 1.03. The number of halogens is 1. The second-order valence-electron chi connectivity index (χ2n) is 1.95. The van der Waals surface area contributed by atoms with Gasteiger partial charge in [-0.3, -0.25) is 0 Å². The normalized spacial score (nSPS) is 8.55.